The minimum atomic E-state index is -0.237. The van der Waals surface area contributed by atoms with E-state index in [0.717, 1.165) is 12.8 Å². The normalized spacial score (nSPS) is 22.3. The molecule has 15 heavy (non-hydrogen) atoms. The first-order chi connectivity index (χ1) is 7.29. The smallest absolute Gasteiger partial charge is 0.239 e. The molecule has 0 spiro atoms. The van der Waals surface area contributed by atoms with Crippen molar-refractivity contribution in [2.45, 2.75) is 19.4 Å². The summed E-state index contributed by atoms with van der Waals surface area (Å²) in [4.78, 5) is 23.9. The fourth-order valence-electron chi connectivity index (χ4n) is 1.66. The number of rotatable bonds is 5. The van der Waals surface area contributed by atoms with Crippen molar-refractivity contribution in [1.82, 2.24) is 10.2 Å². The Morgan fingerprint density at radius 2 is 2.47 bits per heavy atom. The molecule has 0 bridgehead atoms. The zero-order valence-corrected chi connectivity index (χ0v) is 9.07. The number of carbonyl (C=O) groups excluding carboxylic acids is 2. The van der Waals surface area contributed by atoms with E-state index in [1.165, 1.54) is 0 Å². The van der Waals surface area contributed by atoms with Crippen LogP contribution in [-0.4, -0.2) is 56.0 Å². The minimum Gasteiger partial charge on any atom is -0.378 e. The molecule has 1 N–H and O–H groups in total. The van der Waals surface area contributed by atoms with Gasteiger partial charge in [0.05, 0.1) is 13.2 Å². The Balaban J connectivity index is 2.48. The van der Waals surface area contributed by atoms with Crippen LogP contribution in [0, 0.1) is 0 Å². The number of likely N-dealkylation sites (N-methyl/N-ethyl adjacent to an activating group) is 1. The van der Waals surface area contributed by atoms with E-state index < -0.39 is 0 Å². The lowest BCUT2D eigenvalue weighted by atomic mass is 10.2. The van der Waals surface area contributed by atoms with Gasteiger partial charge in [0.1, 0.15) is 12.3 Å². The van der Waals surface area contributed by atoms with Gasteiger partial charge in [0.25, 0.3) is 0 Å². The fraction of sp³-hybridized carbons (Fsp3) is 0.800. The molecule has 1 aliphatic rings. The highest BCUT2D eigenvalue weighted by atomic mass is 16.5. The largest absolute Gasteiger partial charge is 0.378 e. The van der Waals surface area contributed by atoms with E-state index in [1.807, 2.05) is 11.8 Å². The molecule has 1 rings (SSSR count). The van der Waals surface area contributed by atoms with Crippen LogP contribution in [0.3, 0.4) is 0 Å². The van der Waals surface area contributed by atoms with Gasteiger partial charge < -0.3 is 14.8 Å². The molecule has 0 saturated carbocycles. The number of aldehydes is 1. The van der Waals surface area contributed by atoms with Crippen LogP contribution < -0.4 is 5.32 Å². The summed E-state index contributed by atoms with van der Waals surface area (Å²) in [5.41, 5.74) is 0. The van der Waals surface area contributed by atoms with Gasteiger partial charge in [0, 0.05) is 26.1 Å². The summed E-state index contributed by atoms with van der Waals surface area (Å²) in [5, 5.41) is 2.77. The maximum Gasteiger partial charge on any atom is 0.239 e. The maximum absolute atomic E-state index is 11.7. The summed E-state index contributed by atoms with van der Waals surface area (Å²) in [6, 6.07) is -0.237. The Morgan fingerprint density at radius 3 is 3.13 bits per heavy atom. The van der Waals surface area contributed by atoms with Crippen LogP contribution >= 0.6 is 0 Å². The zero-order chi connectivity index (χ0) is 11.1. The van der Waals surface area contributed by atoms with Crippen LogP contribution in [0.5, 0.6) is 0 Å². The molecule has 86 valence electrons. The fourth-order valence-corrected chi connectivity index (χ4v) is 1.66. The lowest BCUT2D eigenvalue weighted by Gasteiger charge is -2.33. The van der Waals surface area contributed by atoms with Crippen molar-refractivity contribution >= 4 is 12.2 Å². The molecule has 0 radical (unpaired) electrons. The summed E-state index contributed by atoms with van der Waals surface area (Å²) in [6.07, 6.45) is 1.35. The average Bonchev–Trinajstić information content (AvgIpc) is 2.27. The predicted molar refractivity (Wildman–Crippen MR) is 55.5 cm³/mol. The molecule has 1 atom stereocenters. The van der Waals surface area contributed by atoms with Crippen LogP contribution in [0.25, 0.3) is 0 Å². The average molecular weight is 214 g/mol. The van der Waals surface area contributed by atoms with Gasteiger partial charge in [-0.15, -0.1) is 0 Å². The van der Waals surface area contributed by atoms with Gasteiger partial charge in [-0.3, -0.25) is 9.69 Å². The molecule has 1 amide bonds. The Morgan fingerprint density at radius 1 is 1.67 bits per heavy atom. The molecule has 1 heterocycles. The van der Waals surface area contributed by atoms with E-state index in [2.05, 4.69) is 5.32 Å². The van der Waals surface area contributed by atoms with Crippen LogP contribution in [0.1, 0.15) is 13.3 Å². The van der Waals surface area contributed by atoms with Crippen LogP contribution in [-0.2, 0) is 14.3 Å². The SMILES string of the molecule is CCNC(=O)C1COCCN1CCC=O. The first-order valence-electron chi connectivity index (χ1n) is 5.32. The highest BCUT2D eigenvalue weighted by Gasteiger charge is 2.28. The van der Waals surface area contributed by atoms with Crippen molar-refractivity contribution in [2.75, 3.05) is 32.8 Å². The molecule has 5 heteroatoms. The van der Waals surface area contributed by atoms with Crippen molar-refractivity contribution < 1.29 is 14.3 Å². The summed E-state index contributed by atoms with van der Waals surface area (Å²) in [6.45, 7) is 4.91. The summed E-state index contributed by atoms with van der Waals surface area (Å²) >= 11 is 0. The Labute approximate surface area is 89.8 Å². The monoisotopic (exact) mass is 214 g/mol. The molecule has 1 aliphatic heterocycles. The number of hydrogen-bond donors (Lipinski definition) is 1. The van der Waals surface area contributed by atoms with Crippen LogP contribution in [0.4, 0.5) is 0 Å². The van der Waals surface area contributed by atoms with E-state index >= 15 is 0 Å². The van der Waals surface area contributed by atoms with Gasteiger partial charge in [-0.25, -0.2) is 0 Å². The summed E-state index contributed by atoms with van der Waals surface area (Å²) in [7, 11) is 0. The van der Waals surface area contributed by atoms with Crippen molar-refractivity contribution in [2.24, 2.45) is 0 Å². The van der Waals surface area contributed by atoms with E-state index in [4.69, 9.17) is 4.74 Å². The van der Waals surface area contributed by atoms with Crippen molar-refractivity contribution in [3.63, 3.8) is 0 Å². The maximum atomic E-state index is 11.7. The molecule has 5 nitrogen and oxygen atoms in total. The number of carbonyl (C=O) groups is 2. The summed E-state index contributed by atoms with van der Waals surface area (Å²) < 4.78 is 5.27. The first kappa shape index (κ1) is 12.1. The second-order valence-corrected chi connectivity index (χ2v) is 3.48. The molecule has 0 aliphatic carbocycles. The van der Waals surface area contributed by atoms with Crippen molar-refractivity contribution in [3.05, 3.63) is 0 Å². The number of nitrogens with one attached hydrogen (secondary N) is 1. The van der Waals surface area contributed by atoms with Gasteiger partial charge in [-0.2, -0.15) is 0 Å². The van der Waals surface area contributed by atoms with Gasteiger partial charge >= 0.3 is 0 Å². The predicted octanol–water partition coefficient (Wildman–Crippen LogP) is -0.588. The van der Waals surface area contributed by atoms with E-state index in [1.54, 1.807) is 0 Å². The molecular weight excluding hydrogens is 196 g/mol. The second kappa shape index (κ2) is 6.53. The van der Waals surface area contributed by atoms with Gasteiger partial charge in [0.2, 0.25) is 5.91 Å². The number of nitrogens with zero attached hydrogens (tertiary/aromatic N) is 1. The minimum absolute atomic E-state index is 0.0110. The zero-order valence-electron chi connectivity index (χ0n) is 9.07. The summed E-state index contributed by atoms with van der Waals surface area (Å²) in [5.74, 6) is -0.0110. The number of ether oxygens (including phenoxy) is 1. The third-order valence-corrected chi connectivity index (χ3v) is 2.43. The second-order valence-electron chi connectivity index (χ2n) is 3.48. The molecular formula is C10H18N2O3. The number of hydrogen-bond acceptors (Lipinski definition) is 4. The Hall–Kier alpha value is -0.940. The third-order valence-electron chi connectivity index (χ3n) is 2.43. The molecule has 1 unspecified atom stereocenters. The van der Waals surface area contributed by atoms with Gasteiger partial charge in [-0.05, 0) is 6.92 Å². The molecule has 0 aromatic carbocycles. The van der Waals surface area contributed by atoms with Gasteiger partial charge in [-0.1, -0.05) is 0 Å². The third kappa shape index (κ3) is 3.60. The Bertz CT molecular complexity index is 221. The Kier molecular flexibility index (Phi) is 5.28. The number of amides is 1. The highest BCUT2D eigenvalue weighted by molar-refractivity contribution is 5.82. The van der Waals surface area contributed by atoms with Crippen LogP contribution in [0.2, 0.25) is 0 Å². The first-order valence-corrected chi connectivity index (χ1v) is 5.32. The lowest BCUT2D eigenvalue weighted by Crippen LogP contribution is -2.53. The van der Waals surface area contributed by atoms with E-state index in [-0.39, 0.29) is 11.9 Å². The number of morpholine rings is 1. The quantitative estimate of drug-likeness (QED) is 0.622. The standard InChI is InChI=1S/C10H18N2O3/c1-2-11-10(14)9-8-15-7-5-12(9)4-3-6-13/h6,9H,2-5,7-8H2,1H3,(H,11,14). The van der Waals surface area contributed by atoms with E-state index in [9.17, 15) is 9.59 Å². The molecule has 0 aromatic heterocycles. The molecule has 0 aromatic rings. The van der Waals surface area contributed by atoms with Gasteiger partial charge in [0.15, 0.2) is 0 Å². The van der Waals surface area contributed by atoms with Crippen molar-refractivity contribution in [1.29, 1.82) is 0 Å². The molecule has 1 fully saturated rings. The lowest BCUT2D eigenvalue weighted by molar-refractivity contribution is -0.132. The molecule has 1 saturated heterocycles. The topological polar surface area (TPSA) is 58.6 Å². The highest BCUT2D eigenvalue weighted by Crippen LogP contribution is 2.07. The van der Waals surface area contributed by atoms with Crippen LogP contribution in [0.15, 0.2) is 0 Å². The van der Waals surface area contributed by atoms with E-state index in [0.29, 0.717) is 32.7 Å². The van der Waals surface area contributed by atoms with Crippen molar-refractivity contribution in [3.8, 4) is 0 Å².